The Morgan fingerprint density at radius 3 is 2.71 bits per heavy atom. The Morgan fingerprint density at radius 2 is 2.04 bits per heavy atom. The zero-order valence-electron chi connectivity index (χ0n) is 13.8. The first-order chi connectivity index (χ1) is 11.1. The minimum Gasteiger partial charge on any atom is -0.338 e. The van der Waals surface area contributed by atoms with Gasteiger partial charge in [-0.25, -0.2) is 9.78 Å². The number of pyridine rings is 1. The number of fused-ring (bicyclic) bond motifs is 1. The van der Waals surface area contributed by atoms with E-state index in [9.17, 15) is 4.79 Å². The van der Waals surface area contributed by atoms with E-state index in [1.54, 1.807) is 10.9 Å². The molecule has 0 fully saturated rings. The SMILES string of the molecule is CCNC(=O)Nc1cc2c(-c3cnn(C)c3)ccc(C)c2cn1.Cl. The number of hydrogen-bond donors (Lipinski definition) is 2. The lowest BCUT2D eigenvalue weighted by molar-refractivity contribution is 0.252. The Kier molecular flexibility index (Phi) is 5.41. The predicted molar refractivity (Wildman–Crippen MR) is 98.6 cm³/mol. The van der Waals surface area contributed by atoms with Gasteiger partial charge < -0.3 is 5.32 Å². The van der Waals surface area contributed by atoms with Gasteiger partial charge in [0, 0.05) is 36.9 Å². The highest BCUT2D eigenvalue weighted by Gasteiger charge is 2.10. The van der Waals surface area contributed by atoms with Crippen molar-refractivity contribution in [3.8, 4) is 11.1 Å². The van der Waals surface area contributed by atoms with Gasteiger partial charge in [0.25, 0.3) is 0 Å². The molecule has 0 atom stereocenters. The van der Waals surface area contributed by atoms with Crippen LogP contribution in [-0.4, -0.2) is 27.3 Å². The van der Waals surface area contributed by atoms with Gasteiger partial charge in [-0.3, -0.25) is 10.00 Å². The van der Waals surface area contributed by atoms with Gasteiger partial charge in [0.1, 0.15) is 5.82 Å². The van der Waals surface area contributed by atoms with Crippen molar-refractivity contribution in [2.24, 2.45) is 7.05 Å². The molecule has 2 heterocycles. The highest BCUT2D eigenvalue weighted by atomic mass is 35.5. The van der Waals surface area contributed by atoms with E-state index >= 15 is 0 Å². The van der Waals surface area contributed by atoms with Gasteiger partial charge in [-0.15, -0.1) is 12.4 Å². The molecule has 0 radical (unpaired) electrons. The summed E-state index contributed by atoms with van der Waals surface area (Å²) in [6, 6.07) is 5.79. The first-order valence-electron chi connectivity index (χ1n) is 7.51. The third kappa shape index (κ3) is 3.49. The fraction of sp³-hybridized carbons (Fsp3) is 0.235. The summed E-state index contributed by atoms with van der Waals surface area (Å²) < 4.78 is 1.77. The van der Waals surface area contributed by atoms with Crippen molar-refractivity contribution >= 4 is 35.0 Å². The number of hydrogen-bond acceptors (Lipinski definition) is 3. The number of aryl methyl sites for hydroxylation is 2. The Balaban J connectivity index is 0.00000208. The van der Waals surface area contributed by atoms with Crippen molar-refractivity contribution in [3.63, 3.8) is 0 Å². The van der Waals surface area contributed by atoms with Crippen LogP contribution >= 0.6 is 12.4 Å². The van der Waals surface area contributed by atoms with Crippen molar-refractivity contribution in [2.45, 2.75) is 13.8 Å². The smallest absolute Gasteiger partial charge is 0.320 e. The van der Waals surface area contributed by atoms with E-state index in [0.29, 0.717) is 12.4 Å². The van der Waals surface area contributed by atoms with Gasteiger partial charge in [-0.1, -0.05) is 12.1 Å². The van der Waals surface area contributed by atoms with Gasteiger partial charge in [0.2, 0.25) is 0 Å². The van der Waals surface area contributed by atoms with Crippen molar-refractivity contribution in [1.29, 1.82) is 0 Å². The van der Waals surface area contributed by atoms with Crippen LogP contribution < -0.4 is 10.6 Å². The topological polar surface area (TPSA) is 71.8 Å². The molecule has 3 rings (SSSR count). The zero-order valence-corrected chi connectivity index (χ0v) is 14.6. The van der Waals surface area contributed by atoms with Crippen LogP contribution in [0.5, 0.6) is 0 Å². The van der Waals surface area contributed by atoms with Crippen LogP contribution in [0, 0.1) is 6.92 Å². The molecule has 2 aromatic heterocycles. The van der Waals surface area contributed by atoms with E-state index < -0.39 is 0 Å². The minimum absolute atomic E-state index is 0. The summed E-state index contributed by atoms with van der Waals surface area (Å²) in [5.74, 6) is 0.527. The molecule has 0 aliphatic rings. The molecule has 6 nitrogen and oxygen atoms in total. The molecule has 0 saturated carbocycles. The van der Waals surface area contributed by atoms with Gasteiger partial charge in [-0.05, 0) is 36.4 Å². The van der Waals surface area contributed by atoms with Gasteiger partial charge >= 0.3 is 6.03 Å². The Hall–Kier alpha value is -2.60. The maximum atomic E-state index is 11.7. The number of carbonyl (C=O) groups excluding carboxylic acids is 1. The van der Waals surface area contributed by atoms with Crippen LogP contribution in [0.25, 0.3) is 21.9 Å². The predicted octanol–water partition coefficient (Wildman–Crippen LogP) is 3.51. The number of anilines is 1. The molecule has 3 aromatic rings. The van der Waals surface area contributed by atoms with Crippen molar-refractivity contribution < 1.29 is 4.79 Å². The summed E-state index contributed by atoms with van der Waals surface area (Å²) in [6.07, 6.45) is 5.61. The number of benzene rings is 1. The molecule has 0 bridgehead atoms. The average Bonchev–Trinajstić information content (AvgIpc) is 2.94. The van der Waals surface area contributed by atoms with Gasteiger partial charge in [-0.2, -0.15) is 5.10 Å². The maximum Gasteiger partial charge on any atom is 0.320 e. The van der Waals surface area contributed by atoms with Gasteiger partial charge in [0.05, 0.1) is 6.20 Å². The molecule has 2 amide bonds. The third-order valence-electron chi connectivity index (χ3n) is 3.71. The second-order valence-corrected chi connectivity index (χ2v) is 5.43. The molecule has 126 valence electrons. The van der Waals surface area contributed by atoms with Crippen LogP contribution in [0.15, 0.2) is 36.8 Å². The number of aromatic nitrogens is 3. The highest BCUT2D eigenvalue weighted by molar-refractivity contribution is 6.00. The number of urea groups is 1. The molecule has 0 aliphatic carbocycles. The number of rotatable bonds is 3. The maximum absolute atomic E-state index is 11.7. The van der Waals surface area contributed by atoms with E-state index in [4.69, 9.17) is 0 Å². The van der Waals surface area contributed by atoms with Crippen molar-refractivity contribution in [1.82, 2.24) is 20.1 Å². The zero-order chi connectivity index (χ0) is 16.4. The Morgan fingerprint density at radius 1 is 1.25 bits per heavy atom. The normalized spacial score (nSPS) is 10.3. The monoisotopic (exact) mass is 345 g/mol. The van der Waals surface area contributed by atoms with Crippen LogP contribution in [-0.2, 0) is 7.05 Å². The molecule has 0 spiro atoms. The summed E-state index contributed by atoms with van der Waals surface area (Å²) in [4.78, 5) is 16.0. The largest absolute Gasteiger partial charge is 0.338 e. The number of amides is 2. The summed E-state index contributed by atoms with van der Waals surface area (Å²) in [5.41, 5.74) is 3.25. The van der Waals surface area contributed by atoms with Crippen LogP contribution in [0.3, 0.4) is 0 Å². The van der Waals surface area contributed by atoms with E-state index in [-0.39, 0.29) is 18.4 Å². The third-order valence-corrected chi connectivity index (χ3v) is 3.71. The standard InChI is InChI=1S/C17H19N5O.ClH/c1-4-18-17(23)21-16-7-14-13(12-8-20-22(3)10-12)6-5-11(2)15(14)9-19-16;/h5-10H,4H2,1-3H3,(H2,18,19,21,23);1H. The fourth-order valence-electron chi connectivity index (χ4n) is 2.58. The summed E-state index contributed by atoms with van der Waals surface area (Å²) in [6.45, 7) is 4.49. The second-order valence-electron chi connectivity index (χ2n) is 5.43. The molecule has 2 N–H and O–H groups in total. The molecule has 7 heteroatoms. The minimum atomic E-state index is -0.255. The van der Waals surface area contributed by atoms with Crippen LogP contribution in [0.2, 0.25) is 0 Å². The van der Waals surface area contributed by atoms with Crippen LogP contribution in [0.4, 0.5) is 10.6 Å². The lowest BCUT2D eigenvalue weighted by atomic mass is 9.98. The second kappa shape index (κ2) is 7.31. The average molecular weight is 346 g/mol. The molecular formula is C17H20ClN5O. The van der Waals surface area contributed by atoms with Crippen LogP contribution in [0.1, 0.15) is 12.5 Å². The molecule has 0 aliphatic heterocycles. The van der Waals surface area contributed by atoms with Crippen molar-refractivity contribution in [2.75, 3.05) is 11.9 Å². The molecule has 24 heavy (non-hydrogen) atoms. The first-order valence-corrected chi connectivity index (χ1v) is 7.51. The van der Waals surface area contributed by atoms with E-state index in [0.717, 1.165) is 27.5 Å². The fourth-order valence-corrected chi connectivity index (χ4v) is 2.58. The lowest BCUT2D eigenvalue weighted by Gasteiger charge is -2.10. The van der Waals surface area contributed by atoms with E-state index in [1.165, 1.54) is 0 Å². The summed E-state index contributed by atoms with van der Waals surface area (Å²) in [7, 11) is 1.89. The summed E-state index contributed by atoms with van der Waals surface area (Å²) >= 11 is 0. The Labute approximate surface area is 146 Å². The highest BCUT2D eigenvalue weighted by Crippen LogP contribution is 2.31. The number of carbonyl (C=O) groups is 1. The van der Waals surface area contributed by atoms with E-state index in [2.05, 4.69) is 32.8 Å². The molecule has 1 aromatic carbocycles. The Bertz CT molecular complexity index is 875. The number of nitrogens with zero attached hydrogens (tertiary/aromatic N) is 3. The van der Waals surface area contributed by atoms with Gasteiger partial charge in [0.15, 0.2) is 0 Å². The molecular weight excluding hydrogens is 326 g/mol. The molecule has 0 unspecified atom stereocenters. The molecule has 0 saturated heterocycles. The number of halogens is 1. The first kappa shape index (κ1) is 17.7. The van der Waals surface area contributed by atoms with E-state index in [1.807, 2.05) is 39.4 Å². The summed E-state index contributed by atoms with van der Waals surface area (Å²) in [5, 5.41) is 11.8. The van der Waals surface area contributed by atoms with Crippen molar-refractivity contribution in [3.05, 3.63) is 42.4 Å². The quantitative estimate of drug-likeness (QED) is 0.763. The number of nitrogens with one attached hydrogen (secondary N) is 2. The lowest BCUT2D eigenvalue weighted by Crippen LogP contribution is -2.28.